The highest BCUT2D eigenvalue weighted by Crippen LogP contribution is 2.18. The normalized spacial score (nSPS) is 12.9. The first kappa shape index (κ1) is 19.0. The zero-order valence-electron chi connectivity index (χ0n) is 14.4. The van der Waals surface area contributed by atoms with E-state index in [0.717, 1.165) is 6.42 Å². The summed E-state index contributed by atoms with van der Waals surface area (Å²) in [6, 6.07) is 16.4. The van der Waals surface area contributed by atoms with Crippen LogP contribution in [0.1, 0.15) is 42.1 Å². The molecule has 0 bridgehead atoms. The highest BCUT2D eigenvalue weighted by Gasteiger charge is 2.20. The molecule has 0 unspecified atom stereocenters. The second kappa shape index (κ2) is 9.23. The van der Waals surface area contributed by atoms with Gasteiger partial charge in [-0.05, 0) is 43.2 Å². The minimum atomic E-state index is -0.864. The van der Waals surface area contributed by atoms with Gasteiger partial charge >= 0.3 is 5.97 Å². The Hall–Kier alpha value is -2.33. The van der Waals surface area contributed by atoms with Gasteiger partial charge in [0.25, 0.3) is 5.91 Å². The fourth-order valence-electron chi connectivity index (χ4n) is 2.46. The predicted octanol–water partition coefficient (Wildman–Crippen LogP) is 4.20. The van der Waals surface area contributed by atoms with Crippen molar-refractivity contribution in [2.45, 2.75) is 32.3 Å². The van der Waals surface area contributed by atoms with Gasteiger partial charge in [-0.25, -0.2) is 4.79 Å². The maximum atomic E-state index is 12.2. The van der Waals surface area contributed by atoms with Crippen LogP contribution in [0.4, 0.5) is 0 Å². The monoisotopic (exact) mass is 359 g/mol. The van der Waals surface area contributed by atoms with Gasteiger partial charge in [-0.3, -0.25) is 4.79 Å². The van der Waals surface area contributed by atoms with E-state index in [9.17, 15) is 9.59 Å². The van der Waals surface area contributed by atoms with Gasteiger partial charge in [-0.1, -0.05) is 48.9 Å². The molecule has 0 heterocycles. The molecule has 0 saturated heterocycles. The van der Waals surface area contributed by atoms with Crippen LogP contribution in [0, 0.1) is 0 Å². The number of rotatable bonds is 7. The number of benzene rings is 2. The molecule has 4 nitrogen and oxygen atoms in total. The van der Waals surface area contributed by atoms with E-state index in [1.807, 2.05) is 30.3 Å². The van der Waals surface area contributed by atoms with Gasteiger partial charge in [0, 0.05) is 17.5 Å². The summed E-state index contributed by atoms with van der Waals surface area (Å²) in [6.07, 6.45) is 0.0416. The smallest absolute Gasteiger partial charge is 0.338 e. The Bertz CT molecular complexity index is 701. The highest BCUT2D eigenvalue weighted by atomic mass is 35.5. The van der Waals surface area contributed by atoms with Crippen molar-refractivity contribution in [2.24, 2.45) is 0 Å². The van der Waals surface area contributed by atoms with E-state index in [-0.39, 0.29) is 11.8 Å². The van der Waals surface area contributed by atoms with Crippen molar-refractivity contribution in [3.05, 3.63) is 70.7 Å². The van der Waals surface area contributed by atoms with E-state index < -0.39 is 12.1 Å². The van der Waals surface area contributed by atoms with E-state index in [1.54, 1.807) is 31.2 Å². The molecule has 132 valence electrons. The summed E-state index contributed by atoms with van der Waals surface area (Å²) in [5, 5.41) is 3.40. The molecule has 0 aliphatic rings. The summed E-state index contributed by atoms with van der Waals surface area (Å²) < 4.78 is 5.22. The minimum absolute atomic E-state index is 0.226. The molecule has 5 heteroatoms. The lowest BCUT2D eigenvalue weighted by molar-refractivity contribution is -0.129. The lowest BCUT2D eigenvalue weighted by atomic mass is 9.96. The Morgan fingerprint density at radius 2 is 1.72 bits per heavy atom. The van der Waals surface area contributed by atoms with Gasteiger partial charge in [0.15, 0.2) is 6.10 Å². The van der Waals surface area contributed by atoms with Crippen LogP contribution in [-0.2, 0) is 9.53 Å². The van der Waals surface area contributed by atoms with Gasteiger partial charge in [0.1, 0.15) is 0 Å². The maximum absolute atomic E-state index is 12.2. The number of esters is 1. The van der Waals surface area contributed by atoms with Crippen molar-refractivity contribution in [3.8, 4) is 0 Å². The van der Waals surface area contributed by atoms with E-state index in [4.69, 9.17) is 16.3 Å². The van der Waals surface area contributed by atoms with Crippen molar-refractivity contribution in [2.75, 3.05) is 6.54 Å². The fraction of sp³-hybridized carbons (Fsp3) is 0.300. The number of carbonyl (C=O) groups is 2. The van der Waals surface area contributed by atoms with E-state index in [0.29, 0.717) is 17.1 Å². The minimum Gasteiger partial charge on any atom is -0.449 e. The average molecular weight is 360 g/mol. The fourth-order valence-corrected chi connectivity index (χ4v) is 2.58. The van der Waals surface area contributed by atoms with Crippen LogP contribution in [0.3, 0.4) is 0 Å². The van der Waals surface area contributed by atoms with E-state index >= 15 is 0 Å². The van der Waals surface area contributed by atoms with Gasteiger partial charge in [-0.2, -0.15) is 0 Å². The molecule has 2 rings (SSSR count). The summed E-state index contributed by atoms with van der Waals surface area (Å²) in [5.74, 6) is -0.629. The van der Waals surface area contributed by atoms with Gasteiger partial charge < -0.3 is 10.1 Å². The summed E-state index contributed by atoms with van der Waals surface area (Å²) >= 11 is 5.79. The maximum Gasteiger partial charge on any atom is 0.338 e. The highest BCUT2D eigenvalue weighted by molar-refractivity contribution is 6.30. The molecule has 0 saturated carbocycles. The molecule has 0 aliphatic heterocycles. The second-order valence-corrected chi connectivity index (χ2v) is 6.25. The lowest BCUT2D eigenvalue weighted by Crippen LogP contribution is -2.38. The molecule has 1 N–H and O–H groups in total. The van der Waals surface area contributed by atoms with Crippen molar-refractivity contribution in [3.63, 3.8) is 0 Å². The summed E-state index contributed by atoms with van der Waals surface area (Å²) in [5.41, 5.74) is 1.54. The molecule has 25 heavy (non-hydrogen) atoms. The molecule has 0 spiro atoms. The van der Waals surface area contributed by atoms with Crippen molar-refractivity contribution >= 4 is 23.5 Å². The number of hydrogen-bond acceptors (Lipinski definition) is 3. The first-order valence-electron chi connectivity index (χ1n) is 8.30. The molecule has 0 fully saturated rings. The number of nitrogens with one attached hydrogen (secondary N) is 1. The number of carbonyl (C=O) groups excluding carboxylic acids is 2. The van der Waals surface area contributed by atoms with E-state index in [2.05, 4.69) is 12.2 Å². The molecule has 0 aromatic heterocycles. The Labute approximate surface area is 153 Å². The van der Waals surface area contributed by atoms with Gasteiger partial charge in [-0.15, -0.1) is 0 Å². The lowest BCUT2D eigenvalue weighted by Gasteiger charge is -2.18. The largest absolute Gasteiger partial charge is 0.449 e. The third-order valence-corrected chi connectivity index (χ3v) is 4.27. The molecule has 2 aromatic rings. The quantitative estimate of drug-likeness (QED) is 0.754. The Kier molecular flexibility index (Phi) is 7.02. The predicted molar refractivity (Wildman–Crippen MR) is 98.8 cm³/mol. The van der Waals surface area contributed by atoms with Crippen LogP contribution in [0.2, 0.25) is 5.02 Å². The third-order valence-electron chi connectivity index (χ3n) is 4.02. The Morgan fingerprint density at radius 1 is 1.08 bits per heavy atom. The topological polar surface area (TPSA) is 55.4 Å². The van der Waals surface area contributed by atoms with Crippen LogP contribution in [0.25, 0.3) is 0 Å². The number of halogens is 1. The van der Waals surface area contributed by atoms with Crippen LogP contribution in [-0.4, -0.2) is 24.5 Å². The Balaban J connectivity index is 1.87. The number of ether oxygens (including phenoxy) is 1. The molecule has 2 atom stereocenters. The molecule has 0 aliphatic carbocycles. The van der Waals surface area contributed by atoms with Crippen LogP contribution < -0.4 is 5.32 Å². The van der Waals surface area contributed by atoms with Crippen LogP contribution in [0.15, 0.2) is 54.6 Å². The second-order valence-electron chi connectivity index (χ2n) is 5.82. The molecule has 1 amide bonds. The van der Waals surface area contributed by atoms with Crippen LogP contribution >= 0.6 is 11.6 Å². The van der Waals surface area contributed by atoms with Crippen molar-refractivity contribution < 1.29 is 14.3 Å². The Morgan fingerprint density at radius 3 is 2.32 bits per heavy atom. The first-order chi connectivity index (χ1) is 12.0. The van der Waals surface area contributed by atoms with E-state index in [1.165, 1.54) is 5.56 Å². The molecular formula is C20H22ClNO3. The number of amides is 1. The summed E-state index contributed by atoms with van der Waals surface area (Å²) in [4.78, 5) is 24.2. The summed E-state index contributed by atoms with van der Waals surface area (Å²) in [6.45, 7) is 4.14. The van der Waals surface area contributed by atoms with Crippen LogP contribution in [0.5, 0.6) is 0 Å². The standard InChI is InChI=1S/C20H22ClNO3/c1-3-15(16-7-5-4-6-8-16)13-22-19(23)14(2)25-20(24)17-9-11-18(21)12-10-17/h4-12,14-15H,3,13H2,1-2H3,(H,22,23)/t14-,15-/m1/s1. The number of hydrogen-bond donors (Lipinski definition) is 1. The van der Waals surface area contributed by atoms with Crippen molar-refractivity contribution in [1.29, 1.82) is 0 Å². The average Bonchev–Trinajstić information content (AvgIpc) is 2.63. The van der Waals surface area contributed by atoms with Gasteiger partial charge in [0.05, 0.1) is 5.56 Å². The SMILES string of the molecule is CC[C@H](CNC(=O)[C@@H](C)OC(=O)c1ccc(Cl)cc1)c1ccccc1. The molecule has 2 aromatic carbocycles. The van der Waals surface area contributed by atoms with Gasteiger partial charge in [0.2, 0.25) is 0 Å². The summed E-state index contributed by atoms with van der Waals surface area (Å²) in [7, 11) is 0. The first-order valence-corrected chi connectivity index (χ1v) is 8.68. The molecular weight excluding hydrogens is 338 g/mol. The molecule has 0 radical (unpaired) electrons. The zero-order chi connectivity index (χ0) is 18.2. The van der Waals surface area contributed by atoms with Crippen molar-refractivity contribution in [1.82, 2.24) is 5.32 Å². The zero-order valence-corrected chi connectivity index (χ0v) is 15.1. The third kappa shape index (κ3) is 5.61.